The second kappa shape index (κ2) is 11.0. The second-order valence-corrected chi connectivity index (χ2v) is 12.8. The third-order valence-electron chi connectivity index (χ3n) is 9.03. The van der Waals surface area contributed by atoms with Crippen molar-refractivity contribution in [3.63, 3.8) is 0 Å². The Hall–Kier alpha value is -5.70. The molecule has 0 spiro atoms. The largest absolute Gasteiger partial charge is 0.310 e. The molecule has 0 fully saturated rings. The van der Waals surface area contributed by atoms with E-state index in [0.29, 0.717) is 0 Å². The SMILES string of the molecule is c1ccc(-c2ccc(N(c3ccccc3)c3ccc4ccc5ccc6c7ccccc7sc6c5c4c3)cc2-c2ccccc2)cc1. The Kier molecular flexibility index (Phi) is 6.40. The highest BCUT2D eigenvalue weighted by Crippen LogP contribution is 2.44. The molecule has 0 unspecified atom stereocenters. The zero-order valence-electron chi connectivity index (χ0n) is 25.1. The van der Waals surface area contributed by atoms with Crippen LogP contribution in [0, 0.1) is 0 Å². The molecule has 0 saturated carbocycles. The first-order chi connectivity index (χ1) is 22.8. The lowest BCUT2D eigenvalue weighted by Gasteiger charge is -2.27. The van der Waals surface area contributed by atoms with Crippen LogP contribution in [0.15, 0.2) is 176 Å². The molecule has 9 aromatic rings. The first-order valence-electron chi connectivity index (χ1n) is 15.7. The molecule has 0 radical (unpaired) electrons. The van der Waals surface area contributed by atoms with Crippen molar-refractivity contribution in [1.82, 2.24) is 0 Å². The van der Waals surface area contributed by atoms with Crippen LogP contribution < -0.4 is 4.90 Å². The minimum absolute atomic E-state index is 1.12. The van der Waals surface area contributed by atoms with Crippen LogP contribution in [0.25, 0.3) is 64.0 Å². The molecule has 1 heterocycles. The molecular formula is C44H29NS. The number of benzene rings is 8. The molecule has 0 aliphatic carbocycles. The molecule has 0 amide bonds. The van der Waals surface area contributed by atoms with E-state index in [1.54, 1.807) is 0 Å². The average molecular weight is 604 g/mol. The highest BCUT2D eigenvalue weighted by atomic mass is 32.1. The van der Waals surface area contributed by atoms with Crippen molar-refractivity contribution in [2.24, 2.45) is 0 Å². The zero-order chi connectivity index (χ0) is 30.5. The summed E-state index contributed by atoms with van der Waals surface area (Å²) >= 11 is 1.90. The van der Waals surface area contributed by atoms with Crippen LogP contribution in [-0.4, -0.2) is 0 Å². The Bertz CT molecular complexity index is 2510. The summed E-state index contributed by atoms with van der Waals surface area (Å²) < 4.78 is 2.68. The van der Waals surface area contributed by atoms with Crippen LogP contribution in [0.4, 0.5) is 17.1 Å². The van der Waals surface area contributed by atoms with Crippen LogP contribution in [0.3, 0.4) is 0 Å². The number of anilines is 3. The predicted molar refractivity (Wildman–Crippen MR) is 200 cm³/mol. The Morgan fingerprint density at radius 3 is 1.74 bits per heavy atom. The molecule has 1 nitrogen and oxygen atoms in total. The fourth-order valence-corrected chi connectivity index (χ4v) is 8.14. The topological polar surface area (TPSA) is 3.24 Å². The van der Waals surface area contributed by atoms with E-state index >= 15 is 0 Å². The van der Waals surface area contributed by atoms with Gasteiger partial charge in [-0.15, -0.1) is 11.3 Å². The van der Waals surface area contributed by atoms with Crippen LogP contribution in [0.2, 0.25) is 0 Å². The van der Waals surface area contributed by atoms with E-state index in [1.165, 1.54) is 64.0 Å². The van der Waals surface area contributed by atoms with Crippen molar-refractivity contribution >= 4 is 70.1 Å². The molecule has 0 bridgehead atoms. The lowest BCUT2D eigenvalue weighted by atomic mass is 9.93. The predicted octanol–water partition coefficient (Wildman–Crippen LogP) is 13.2. The van der Waals surface area contributed by atoms with Gasteiger partial charge in [0.05, 0.1) is 0 Å². The van der Waals surface area contributed by atoms with E-state index in [-0.39, 0.29) is 0 Å². The number of nitrogens with zero attached hydrogens (tertiary/aromatic N) is 1. The molecule has 0 aliphatic rings. The molecule has 0 saturated heterocycles. The van der Waals surface area contributed by atoms with Crippen molar-refractivity contribution < 1.29 is 0 Å². The van der Waals surface area contributed by atoms with Gasteiger partial charge in [0.25, 0.3) is 0 Å². The Labute approximate surface area is 272 Å². The summed E-state index contributed by atoms with van der Waals surface area (Å²) in [6, 6.07) is 63.8. The summed E-state index contributed by atoms with van der Waals surface area (Å²) in [5, 5.41) is 7.78. The first kappa shape index (κ1) is 26.7. The molecule has 9 rings (SSSR count). The number of fused-ring (bicyclic) bond motifs is 7. The molecule has 2 heteroatoms. The Morgan fingerprint density at radius 2 is 0.957 bits per heavy atom. The maximum atomic E-state index is 2.39. The molecule has 0 N–H and O–H groups in total. The number of para-hydroxylation sites is 1. The quantitative estimate of drug-likeness (QED) is 0.177. The number of hydrogen-bond donors (Lipinski definition) is 0. The fraction of sp³-hybridized carbons (Fsp3) is 0. The van der Waals surface area contributed by atoms with Crippen molar-refractivity contribution in [2.75, 3.05) is 4.90 Å². The summed E-state index contributed by atoms with van der Waals surface area (Å²) in [6.07, 6.45) is 0. The summed E-state index contributed by atoms with van der Waals surface area (Å²) in [5.41, 5.74) is 8.23. The van der Waals surface area contributed by atoms with Crippen molar-refractivity contribution in [3.05, 3.63) is 176 Å². The van der Waals surface area contributed by atoms with Crippen LogP contribution in [0.5, 0.6) is 0 Å². The third kappa shape index (κ3) is 4.46. The smallest absolute Gasteiger partial charge is 0.0468 e. The second-order valence-electron chi connectivity index (χ2n) is 11.7. The van der Waals surface area contributed by atoms with Crippen molar-refractivity contribution in [2.45, 2.75) is 0 Å². The first-order valence-corrected chi connectivity index (χ1v) is 16.5. The van der Waals surface area contributed by atoms with Crippen LogP contribution in [0.1, 0.15) is 0 Å². The molecule has 0 atom stereocenters. The summed E-state index contributed by atoms with van der Waals surface area (Å²) in [6.45, 7) is 0. The molecule has 8 aromatic carbocycles. The molecule has 0 aliphatic heterocycles. The van der Waals surface area contributed by atoms with E-state index in [4.69, 9.17) is 0 Å². The van der Waals surface area contributed by atoms with Crippen LogP contribution >= 0.6 is 11.3 Å². The van der Waals surface area contributed by atoms with Gasteiger partial charge >= 0.3 is 0 Å². The lowest BCUT2D eigenvalue weighted by Crippen LogP contribution is -2.10. The lowest BCUT2D eigenvalue weighted by molar-refractivity contribution is 1.29. The maximum Gasteiger partial charge on any atom is 0.0468 e. The van der Waals surface area contributed by atoms with E-state index in [0.717, 1.165) is 17.1 Å². The summed E-state index contributed by atoms with van der Waals surface area (Å²) in [4.78, 5) is 2.39. The molecule has 1 aromatic heterocycles. The van der Waals surface area contributed by atoms with Gasteiger partial charge in [-0.05, 0) is 80.9 Å². The summed E-state index contributed by atoms with van der Waals surface area (Å²) in [5.74, 6) is 0. The minimum Gasteiger partial charge on any atom is -0.310 e. The Morgan fingerprint density at radius 1 is 0.370 bits per heavy atom. The van der Waals surface area contributed by atoms with Gasteiger partial charge in [0, 0.05) is 42.6 Å². The van der Waals surface area contributed by atoms with Crippen molar-refractivity contribution in [3.8, 4) is 22.3 Å². The van der Waals surface area contributed by atoms with Crippen LogP contribution in [-0.2, 0) is 0 Å². The average Bonchev–Trinajstić information content (AvgIpc) is 3.52. The number of hydrogen-bond acceptors (Lipinski definition) is 2. The zero-order valence-corrected chi connectivity index (χ0v) is 25.9. The van der Waals surface area contributed by atoms with Gasteiger partial charge in [0.2, 0.25) is 0 Å². The van der Waals surface area contributed by atoms with Gasteiger partial charge in [0.1, 0.15) is 0 Å². The highest BCUT2D eigenvalue weighted by Gasteiger charge is 2.18. The molecule has 216 valence electrons. The molecular weight excluding hydrogens is 575 g/mol. The molecule has 46 heavy (non-hydrogen) atoms. The Balaban J connectivity index is 1.30. The fourth-order valence-electron chi connectivity index (χ4n) is 6.87. The van der Waals surface area contributed by atoms with Gasteiger partial charge < -0.3 is 4.90 Å². The highest BCUT2D eigenvalue weighted by molar-refractivity contribution is 7.26. The van der Waals surface area contributed by atoms with Gasteiger partial charge in [-0.3, -0.25) is 0 Å². The van der Waals surface area contributed by atoms with Gasteiger partial charge in [-0.25, -0.2) is 0 Å². The van der Waals surface area contributed by atoms with Gasteiger partial charge in [0.15, 0.2) is 0 Å². The minimum atomic E-state index is 1.12. The number of thiophene rings is 1. The summed E-state index contributed by atoms with van der Waals surface area (Å²) in [7, 11) is 0. The van der Waals surface area contributed by atoms with Gasteiger partial charge in [-0.2, -0.15) is 0 Å². The maximum absolute atomic E-state index is 2.39. The van der Waals surface area contributed by atoms with E-state index in [1.807, 2.05) is 11.3 Å². The monoisotopic (exact) mass is 603 g/mol. The number of rotatable bonds is 5. The third-order valence-corrected chi connectivity index (χ3v) is 10.2. The normalized spacial score (nSPS) is 11.5. The van der Waals surface area contributed by atoms with Crippen molar-refractivity contribution in [1.29, 1.82) is 0 Å². The van der Waals surface area contributed by atoms with E-state index in [9.17, 15) is 0 Å². The van der Waals surface area contributed by atoms with E-state index in [2.05, 4.69) is 181 Å². The van der Waals surface area contributed by atoms with Gasteiger partial charge in [-0.1, -0.05) is 133 Å². The van der Waals surface area contributed by atoms with E-state index < -0.39 is 0 Å². The standard InChI is InChI=1S/C44H29NS/c1-4-12-30(13-5-1)37-27-25-36(28-40(37)31-14-6-2-7-15-31)45(34-16-8-3-9-17-34)35-24-22-32-20-21-33-23-26-39-38-18-10-11-19-42(38)46-44(39)43(33)41(32)29-35/h1-29H.